The summed E-state index contributed by atoms with van der Waals surface area (Å²) < 4.78 is 18.1. The van der Waals surface area contributed by atoms with E-state index in [1.54, 1.807) is 7.11 Å². The molecule has 0 amide bonds. The fourth-order valence-electron chi connectivity index (χ4n) is 1.83. The van der Waals surface area contributed by atoms with Crippen molar-refractivity contribution in [3.8, 4) is 0 Å². The number of ether oxygens (including phenoxy) is 1. The van der Waals surface area contributed by atoms with Gasteiger partial charge in [-0.2, -0.15) is 0 Å². The highest BCUT2D eigenvalue weighted by atomic mass is 19.1. The summed E-state index contributed by atoms with van der Waals surface area (Å²) in [6.45, 7) is 5.79. The van der Waals surface area contributed by atoms with Crippen LogP contribution in [0.4, 0.5) is 4.39 Å². The zero-order valence-corrected chi connectivity index (χ0v) is 11.5. The second-order valence-electron chi connectivity index (χ2n) is 4.66. The highest BCUT2D eigenvalue weighted by molar-refractivity contribution is 5.89. The maximum atomic E-state index is 13.1. The van der Waals surface area contributed by atoms with E-state index in [0.717, 1.165) is 6.07 Å². The predicted molar refractivity (Wildman–Crippen MR) is 70.8 cm³/mol. The highest BCUT2D eigenvalue weighted by Gasteiger charge is 2.16. The van der Waals surface area contributed by atoms with Crippen molar-refractivity contribution < 1.29 is 19.0 Å². The number of nitrogens with zero attached hydrogens (tertiary/aromatic N) is 1. The molecule has 0 saturated heterocycles. The number of carbonyl (C=O) groups is 1. The predicted octanol–water partition coefficient (Wildman–Crippen LogP) is 2.38. The Labute approximate surface area is 112 Å². The molecule has 5 heteroatoms. The first kappa shape index (κ1) is 15.6. The summed E-state index contributed by atoms with van der Waals surface area (Å²) in [5, 5.41) is 9.11. The van der Waals surface area contributed by atoms with Gasteiger partial charge in [-0.25, -0.2) is 9.18 Å². The Bertz CT molecular complexity index is 435. The minimum Gasteiger partial charge on any atom is -0.478 e. The molecule has 4 nitrogen and oxygen atoms in total. The van der Waals surface area contributed by atoms with Crippen LogP contribution in [0.15, 0.2) is 18.2 Å². The van der Waals surface area contributed by atoms with Crippen LogP contribution in [0.2, 0.25) is 0 Å². The third kappa shape index (κ3) is 4.61. The monoisotopic (exact) mass is 269 g/mol. The number of rotatable bonds is 7. The molecule has 1 N–H and O–H groups in total. The number of methoxy groups -OCH3 is 1. The minimum absolute atomic E-state index is 0.0167. The van der Waals surface area contributed by atoms with E-state index in [9.17, 15) is 9.18 Å². The smallest absolute Gasteiger partial charge is 0.336 e. The third-order valence-corrected chi connectivity index (χ3v) is 2.99. The Kier molecular flexibility index (Phi) is 5.92. The molecule has 0 atom stereocenters. The number of hydrogen-bond acceptors (Lipinski definition) is 3. The van der Waals surface area contributed by atoms with Gasteiger partial charge >= 0.3 is 5.97 Å². The largest absolute Gasteiger partial charge is 0.478 e. The van der Waals surface area contributed by atoms with Gasteiger partial charge in [0, 0.05) is 26.2 Å². The van der Waals surface area contributed by atoms with Gasteiger partial charge in [-0.3, -0.25) is 4.90 Å². The van der Waals surface area contributed by atoms with Crippen LogP contribution in [-0.2, 0) is 11.3 Å². The van der Waals surface area contributed by atoms with Crippen LogP contribution >= 0.6 is 0 Å². The second-order valence-corrected chi connectivity index (χ2v) is 4.66. The molecule has 19 heavy (non-hydrogen) atoms. The summed E-state index contributed by atoms with van der Waals surface area (Å²) in [5.74, 6) is -1.64. The van der Waals surface area contributed by atoms with Gasteiger partial charge in [0.15, 0.2) is 0 Å². The zero-order chi connectivity index (χ0) is 14.4. The van der Waals surface area contributed by atoms with Gasteiger partial charge in [-0.05, 0) is 31.5 Å². The fraction of sp³-hybridized carbons (Fsp3) is 0.500. The number of carboxylic acids is 1. The third-order valence-electron chi connectivity index (χ3n) is 2.99. The minimum atomic E-state index is -1.11. The summed E-state index contributed by atoms with van der Waals surface area (Å²) in [7, 11) is 1.62. The van der Waals surface area contributed by atoms with Gasteiger partial charge in [0.1, 0.15) is 5.82 Å². The molecule has 106 valence electrons. The zero-order valence-electron chi connectivity index (χ0n) is 11.5. The quantitative estimate of drug-likeness (QED) is 0.825. The van der Waals surface area contributed by atoms with Crippen molar-refractivity contribution in [2.24, 2.45) is 0 Å². The summed E-state index contributed by atoms with van der Waals surface area (Å²) in [5.41, 5.74) is 0.627. The average Bonchev–Trinajstić information content (AvgIpc) is 2.35. The van der Waals surface area contributed by atoms with E-state index < -0.39 is 11.8 Å². The molecule has 0 bridgehead atoms. The summed E-state index contributed by atoms with van der Waals surface area (Å²) in [4.78, 5) is 13.2. The Hall–Kier alpha value is -1.46. The van der Waals surface area contributed by atoms with Crippen molar-refractivity contribution in [2.75, 3.05) is 20.3 Å². The molecular weight excluding hydrogens is 249 g/mol. The lowest BCUT2D eigenvalue weighted by atomic mass is 10.1. The summed E-state index contributed by atoms with van der Waals surface area (Å²) in [6.07, 6.45) is 0. The molecule has 1 aromatic carbocycles. The van der Waals surface area contributed by atoms with Crippen LogP contribution in [0, 0.1) is 5.82 Å². The molecule has 1 rings (SSSR count). The van der Waals surface area contributed by atoms with Gasteiger partial charge in [0.25, 0.3) is 0 Å². The van der Waals surface area contributed by atoms with Crippen LogP contribution in [0.3, 0.4) is 0 Å². The molecule has 0 heterocycles. The number of aromatic carboxylic acids is 1. The Morgan fingerprint density at radius 3 is 2.68 bits per heavy atom. The molecule has 0 saturated carbocycles. The molecule has 0 aliphatic rings. The van der Waals surface area contributed by atoms with Gasteiger partial charge in [-0.15, -0.1) is 0 Å². The highest BCUT2D eigenvalue weighted by Crippen LogP contribution is 2.15. The van der Waals surface area contributed by atoms with Crippen molar-refractivity contribution >= 4 is 5.97 Å². The lowest BCUT2D eigenvalue weighted by Gasteiger charge is -2.26. The van der Waals surface area contributed by atoms with Gasteiger partial charge in [0.05, 0.1) is 12.2 Å². The van der Waals surface area contributed by atoms with E-state index in [-0.39, 0.29) is 11.6 Å². The summed E-state index contributed by atoms with van der Waals surface area (Å²) in [6, 6.07) is 4.13. The van der Waals surface area contributed by atoms with Crippen molar-refractivity contribution in [1.82, 2.24) is 4.90 Å². The molecular formula is C14H20FNO3. The number of benzene rings is 1. The molecule has 0 radical (unpaired) electrons. The second kappa shape index (κ2) is 7.21. The molecule has 0 spiro atoms. The van der Waals surface area contributed by atoms with Crippen LogP contribution in [0.5, 0.6) is 0 Å². The first-order valence-corrected chi connectivity index (χ1v) is 6.20. The normalized spacial score (nSPS) is 11.3. The Morgan fingerprint density at radius 2 is 2.16 bits per heavy atom. The standard InChI is InChI=1S/C14H20FNO3/c1-10(2)16(6-7-19-3)9-11-4-5-12(15)8-13(11)14(17)18/h4-5,8,10H,6-7,9H2,1-3H3,(H,17,18). The maximum Gasteiger partial charge on any atom is 0.336 e. The molecule has 0 unspecified atom stereocenters. The van der Waals surface area contributed by atoms with E-state index >= 15 is 0 Å². The van der Waals surface area contributed by atoms with Crippen LogP contribution in [0.1, 0.15) is 29.8 Å². The molecule has 0 aliphatic carbocycles. The van der Waals surface area contributed by atoms with Crippen molar-refractivity contribution in [3.05, 3.63) is 35.1 Å². The van der Waals surface area contributed by atoms with Crippen molar-refractivity contribution in [1.29, 1.82) is 0 Å². The number of hydrogen-bond donors (Lipinski definition) is 1. The average molecular weight is 269 g/mol. The molecule has 0 aliphatic heterocycles. The topological polar surface area (TPSA) is 49.8 Å². The SMILES string of the molecule is COCCN(Cc1ccc(F)cc1C(=O)O)C(C)C. The first-order chi connectivity index (χ1) is 8.95. The van der Waals surface area contributed by atoms with Gasteiger partial charge in [0.2, 0.25) is 0 Å². The van der Waals surface area contributed by atoms with E-state index in [0.29, 0.717) is 25.3 Å². The van der Waals surface area contributed by atoms with E-state index in [1.807, 2.05) is 13.8 Å². The Balaban J connectivity index is 2.92. The lowest BCUT2D eigenvalue weighted by molar-refractivity contribution is 0.0692. The van der Waals surface area contributed by atoms with Crippen molar-refractivity contribution in [3.63, 3.8) is 0 Å². The summed E-state index contributed by atoms with van der Waals surface area (Å²) >= 11 is 0. The van der Waals surface area contributed by atoms with Crippen LogP contribution < -0.4 is 0 Å². The number of halogens is 1. The van der Waals surface area contributed by atoms with Gasteiger partial charge in [-0.1, -0.05) is 6.07 Å². The molecule has 1 aromatic rings. The maximum absolute atomic E-state index is 13.1. The molecule has 0 aromatic heterocycles. The molecule has 0 fully saturated rings. The first-order valence-electron chi connectivity index (χ1n) is 6.20. The van der Waals surface area contributed by atoms with Crippen molar-refractivity contribution in [2.45, 2.75) is 26.4 Å². The van der Waals surface area contributed by atoms with E-state index in [2.05, 4.69) is 4.90 Å². The fourth-order valence-corrected chi connectivity index (χ4v) is 1.83. The van der Waals surface area contributed by atoms with Crippen LogP contribution in [0.25, 0.3) is 0 Å². The lowest BCUT2D eigenvalue weighted by Crippen LogP contribution is -2.33. The van der Waals surface area contributed by atoms with Crippen LogP contribution in [-0.4, -0.2) is 42.3 Å². The van der Waals surface area contributed by atoms with E-state index in [1.165, 1.54) is 12.1 Å². The number of carboxylic acid groups (broad SMARTS) is 1. The van der Waals surface area contributed by atoms with E-state index in [4.69, 9.17) is 9.84 Å². The van der Waals surface area contributed by atoms with Gasteiger partial charge < -0.3 is 9.84 Å². The Morgan fingerprint density at radius 1 is 1.47 bits per heavy atom.